The number of anilines is 1. The average molecular weight is 341 g/mol. The van der Waals surface area contributed by atoms with Gasteiger partial charge in [-0.2, -0.15) is 0 Å². The van der Waals surface area contributed by atoms with Gasteiger partial charge in [0.05, 0.1) is 10.2 Å². The molecule has 0 aromatic heterocycles. The maximum atomic E-state index is 9.21. The minimum atomic E-state index is -0.0400. The summed E-state index contributed by atoms with van der Waals surface area (Å²) >= 11 is 2.17. The molecule has 0 unspecified atom stereocenters. The van der Waals surface area contributed by atoms with Crippen molar-refractivity contribution in [2.45, 2.75) is 6.61 Å². The summed E-state index contributed by atoms with van der Waals surface area (Å²) < 4.78 is 6.70. The molecular formula is C13H12INO2. The fraction of sp³-hybridized carbons (Fsp3) is 0.0769. The number of benzene rings is 2. The third-order valence-electron chi connectivity index (χ3n) is 2.32. The van der Waals surface area contributed by atoms with Gasteiger partial charge in [-0.05, 0) is 46.9 Å². The summed E-state index contributed by atoms with van der Waals surface area (Å²) in [6.45, 7) is -0.0400. The summed E-state index contributed by atoms with van der Waals surface area (Å²) in [5.41, 5.74) is 7.15. The third kappa shape index (κ3) is 2.89. The van der Waals surface area contributed by atoms with E-state index in [4.69, 9.17) is 10.5 Å². The molecule has 2 aromatic rings. The van der Waals surface area contributed by atoms with E-state index in [0.29, 0.717) is 11.4 Å². The molecule has 3 N–H and O–H groups in total. The highest BCUT2D eigenvalue weighted by molar-refractivity contribution is 14.1. The van der Waals surface area contributed by atoms with Crippen molar-refractivity contribution in [3.8, 4) is 11.5 Å². The first-order valence-corrected chi connectivity index (χ1v) is 6.20. The molecule has 0 aliphatic rings. The smallest absolute Gasteiger partial charge is 0.140 e. The largest absolute Gasteiger partial charge is 0.456 e. The first-order valence-electron chi connectivity index (χ1n) is 5.12. The van der Waals surface area contributed by atoms with Crippen molar-refractivity contribution in [2.75, 3.05) is 5.73 Å². The van der Waals surface area contributed by atoms with Gasteiger partial charge in [0.2, 0.25) is 0 Å². The first kappa shape index (κ1) is 12.2. The van der Waals surface area contributed by atoms with Gasteiger partial charge in [0, 0.05) is 11.3 Å². The van der Waals surface area contributed by atoms with Gasteiger partial charge in [0.25, 0.3) is 0 Å². The summed E-state index contributed by atoms with van der Waals surface area (Å²) in [6, 6.07) is 12.9. The van der Waals surface area contributed by atoms with E-state index in [9.17, 15) is 5.11 Å². The number of aliphatic hydroxyl groups is 1. The van der Waals surface area contributed by atoms with Crippen LogP contribution in [0.25, 0.3) is 0 Å². The quantitative estimate of drug-likeness (QED) is 0.666. The Kier molecular flexibility index (Phi) is 3.86. The molecule has 0 fully saturated rings. The number of nitrogen functional groups attached to an aromatic ring is 1. The SMILES string of the molecule is Nc1ccc(Oc2ccccc2CO)c(I)c1. The molecule has 4 heteroatoms. The number of ether oxygens (including phenoxy) is 1. The van der Waals surface area contributed by atoms with E-state index in [2.05, 4.69) is 22.6 Å². The number of hydrogen-bond acceptors (Lipinski definition) is 3. The summed E-state index contributed by atoms with van der Waals surface area (Å²) in [6.07, 6.45) is 0. The molecule has 0 bridgehead atoms. The van der Waals surface area contributed by atoms with Gasteiger partial charge >= 0.3 is 0 Å². The van der Waals surface area contributed by atoms with Crippen molar-refractivity contribution in [1.82, 2.24) is 0 Å². The molecule has 17 heavy (non-hydrogen) atoms. The van der Waals surface area contributed by atoms with Gasteiger partial charge in [-0.15, -0.1) is 0 Å². The summed E-state index contributed by atoms with van der Waals surface area (Å²) in [5, 5.41) is 9.21. The molecule has 0 aliphatic heterocycles. The van der Waals surface area contributed by atoms with E-state index < -0.39 is 0 Å². The van der Waals surface area contributed by atoms with Crippen molar-refractivity contribution in [3.05, 3.63) is 51.6 Å². The molecule has 0 aliphatic carbocycles. The molecule has 2 rings (SSSR count). The molecule has 0 radical (unpaired) electrons. The molecular weight excluding hydrogens is 329 g/mol. The molecule has 0 saturated carbocycles. The Bertz CT molecular complexity index is 529. The normalized spacial score (nSPS) is 10.2. The predicted molar refractivity (Wildman–Crippen MR) is 76.0 cm³/mol. The number of rotatable bonds is 3. The summed E-state index contributed by atoms with van der Waals surface area (Å²) in [5.74, 6) is 1.40. The Morgan fingerprint density at radius 2 is 1.88 bits per heavy atom. The van der Waals surface area contributed by atoms with Crippen molar-refractivity contribution >= 4 is 28.3 Å². The molecule has 0 spiro atoms. The first-order chi connectivity index (χ1) is 8.20. The Morgan fingerprint density at radius 1 is 1.12 bits per heavy atom. The number of hydrogen-bond donors (Lipinski definition) is 2. The molecule has 0 saturated heterocycles. The second-order valence-corrected chi connectivity index (χ2v) is 4.72. The monoisotopic (exact) mass is 341 g/mol. The second-order valence-electron chi connectivity index (χ2n) is 3.56. The van der Waals surface area contributed by atoms with Crippen LogP contribution < -0.4 is 10.5 Å². The number of aliphatic hydroxyl groups excluding tert-OH is 1. The summed E-state index contributed by atoms with van der Waals surface area (Å²) in [7, 11) is 0. The zero-order valence-electron chi connectivity index (χ0n) is 9.06. The van der Waals surface area contributed by atoms with Crippen LogP contribution in [-0.4, -0.2) is 5.11 Å². The Labute approximate surface area is 113 Å². The molecule has 0 amide bonds. The minimum absolute atomic E-state index is 0.0400. The van der Waals surface area contributed by atoms with Crippen LogP contribution in [-0.2, 0) is 6.61 Å². The highest BCUT2D eigenvalue weighted by atomic mass is 127. The average Bonchev–Trinajstić information content (AvgIpc) is 2.33. The van der Waals surface area contributed by atoms with Gasteiger partial charge in [-0.3, -0.25) is 0 Å². The molecule has 0 heterocycles. The standard InChI is InChI=1S/C13H12INO2/c14-11-7-10(15)5-6-13(11)17-12-4-2-1-3-9(12)8-16/h1-7,16H,8,15H2. The Balaban J connectivity index is 2.31. The van der Waals surface area contributed by atoms with Crippen molar-refractivity contribution in [3.63, 3.8) is 0 Å². The van der Waals surface area contributed by atoms with Crippen LogP contribution in [0.2, 0.25) is 0 Å². The number of halogens is 1. The zero-order valence-corrected chi connectivity index (χ0v) is 11.2. The molecule has 3 nitrogen and oxygen atoms in total. The van der Waals surface area contributed by atoms with Gasteiger partial charge < -0.3 is 15.6 Å². The van der Waals surface area contributed by atoms with Gasteiger partial charge in [0.1, 0.15) is 11.5 Å². The third-order valence-corrected chi connectivity index (χ3v) is 3.16. The minimum Gasteiger partial charge on any atom is -0.456 e. The van der Waals surface area contributed by atoms with Gasteiger partial charge in [-0.1, -0.05) is 18.2 Å². The lowest BCUT2D eigenvalue weighted by Crippen LogP contribution is -1.94. The maximum absolute atomic E-state index is 9.21. The Morgan fingerprint density at radius 3 is 2.59 bits per heavy atom. The van der Waals surface area contributed by atoms with E-state index in [1.807, 2.05) is 36.4 Å². The number of nitrogens with two attached hydrogens (primary N) is 1. The van der Waals surface area contributed by atoms with Crippen LogP contribution in [0.15, 0.2) is 42.5 Å². The zero-order chi connectivity index (χ0) is 12.3. The van der Waals surface area contributed by atoms with Crippen LogP contribution in [0, 0.1) is 3.57 Å². The highest BCUT2D eigenvalue weighted by Crippen LogP contribution is 2.30. The van der Waals surface area contributed by atoms with E-state index in [-0.39, 0.29) is 6.61 Å². The summed E-state index contributed by atoms with van der Waals surface area (Å²) in [4.78, 5) is 0. The fourth-order valence-electron chi connectivity index (χ4n) is 1.45. The van der Waals surface area contributed by atoms with Gasteiger partial charge in [-0.25, -0.2) is 0 Å². The van der Waals surface area contributed by atoms with Crippen LogP contribution in [0.3, 0.4) is 0 Å². The topological polar surface area (TPSA) is 55.5 Å². The van der Waals surface area contributed by atoms with E-state index >= 15 is 0 Å². The van der Waals surface area contributed by atoms with Crippen LogP contribution in [0.1, 0.15) is 5.56 Å². The lowest BCUT2D eigenvalue weighted by atomic mass is 10.2. The van der Waals surface area contributed by atoms with Crippen molar-refractivity contribution in [1.29, 1.82) is 0 Å². The molecule has 0 atom stereocenters. The molecule has 88 valence electrons. The van der Waals surface area contributed by atoms with Gasteiger partial charge in [0.15, 0.2) is 0 Å². The maximum Gasteiger partial charge on any atom is 0.140 e. The van der Waals surface area contributed by atoms with Crippen LogP contribution in [0.4, 0.5) is 5.69 Å². The highest BCUT2D eigenvalue weighted by Gasteiger charge is 2.06. The molecule has 2 aromatic carbocycles. The lowest BCUT2D eigenvalue weighted by molar-refractivity contribution is 0.276. The van der Waals surface area contributed by atoms with E-state index in [1.54, 1.807) is 6.07 Å². The second kappa shape index (κ2) is 5.37. The fourth-order valence-corrected chi connectivity index (χ4v) is 2.10. The lowest BCUT2D eigenvalue weighted by Gasteiger charge is -2.11. The van der Waals surface area contributed by atoms with Crippen LogP contribution in [0.5, 0.6) is 11.5 Å². The number of para-hydroxylation sites is 1. The predicted octanol–water partition coefficient (Wildman–Crippen LogP) is 3.16. The van der Waals surface area contributed by atoms with Crippen LogP contribution >= 0.6 is 22.6 Å². The Hall–Kier alpha value is -1.27. The van der Waals surface area contributed by atoms with Crippen molar-refractivity contribution < 1.29 is 9.84 Å². The van der Waals surface area contributed by atoms with E-state index in [1.165, 1.54) is 0 Å². The van der Waals surface area contributed by atoms with E-state index in [0.717, 1.165) is 14.9 Å². The van der Waals surface area contributed by atoms with Crippen molar-refractivity contribution in [2.24, 2.45) is 0 Å².